The molecule has 5 nitrogen and oxygen atoms in total. The van der Waals surface area contributed by atoms with E-state index in [0.717, 1.165) is 18.4 Å². The Morgan fingerprint density at radius 1 is 1.29 bits per heavy atom. The second-order valence-electron chi connectivity index (χ2n) is 5.14. The molecule has 0 radical (unpaired) electrons. The van der Waals surface area contributed by atoms with Gasteiger partial charge in [0.05, 0.1) is 0 Å². The quantitative estimate of drug-likeness (QED) is 0.732. The predicted molar refractivity (Wildman–Crippen MR) is 80.4 cm³/mol. The van der Waals surface area contributed by atoms with E-state index >= 15 is 0 Å². The first-order valence-electron chi connectivity index (χ1n) is 7.21. The number of carboxylic acids is 1. The highest BCUT2D eigenvalue weighted by atomic mass is 16.5. The molecule has 1 aromatic rings. The molecule has 0 spiro atoms. The normalized spacial score (nSPS) is 11.7. The van der Waals surface area contributed by atoms with Crippen molar-refractivity contribution in [2.24, 2.45) is 5.92 Å². The van der Waals surface area contributed by atoms with Crippen molar-refractivity contribution in [2.75, 3.05) is 13.2 Å². The van der Waals surface area contributed by atoms with Crippen LogP contribution in [0.1, 0.15) is 32.3 Å². The Kier molecular flexibility index (Phi) is 7.29. The molecule has 1 atom stereocenters. The summed E-state index contributed by atoms with van der Waals surface area (Å²) in [5.74, 6) is 0.0338. The van der Waals surface area contributed by atoms with Crippen molar-refractivity contribution in [1.29, 1.82) is 0 Å². The molecule has 2 N–H and O–H groups in total. The molecule has 0 aliphatic heterocycles. The van der Waals surface area contributed by atoms with Gasteiger partial charge in [-0.25, -0.2) is 4.79 Å². The minimum Gasteiger partial charge on any atom is -0.482 e. The fourth-order valence-corrected chi connectivity index (χ4v) is 1.78. The fourth-order valence-electron chi connectivity index (χ4n) is 1.78. The average Bonchev–Trinajstić information content (AvgIpc) is 2.46. The number of hydrogen-bond acceptors (Lipinski definition) is 3. The van der Waals surface area contributed by atoms with Crippen LogP contribution in [0.3, 0.4) is 0 Å². The Hall–Kier alpha value is -2.04. The van der Waals surface area contributed by atoms with Gasteiger partial charge in [-0.3, -0.25) is 4.79 Å². The summed E-state index contributed by atoms with van der Waals surface area (Å²) < 4.78 is 5.05. The third-order valence-electron chi connectivity index (χ3n) is 3.25. The number of benzene rings is 1. The average molecular weight is 293 g/mol. The zero-order valence-electron chi connectivity index (χ0n) is 12.6. The summed E-state index contributed by atoms with van der Waals surface area (Å²) in [7, 11) is 0. The van der Waals surface area contributed by atoms with Crippen LogP contribution in [0.15, 0.2) is 24.3 Å². The highest BCUT2D eigenvalue weighted by Gasteiger charge is 2.06. The molecular weight excluding hydrogens is 270 g/mol. The van der Waals surface area contributed by atoms with E-state index in [0.29, 0.717) is 24.6 Å². The van der Waals surface area contributed by atoms with E-state index in [2.05, 4.69) is 19.2 Å². The van der Waals surface area contributed by atoms with Gasteiger partial charge in [0.1, 0.15) is 5.75 Å². The summed E-state index contributed by atoms with van der Waals surface area (Å²) in [5, 5.41) is 11.4. The van der Waals surface area contributed by atoms with E-state index in [-0.39, 0.29) is 12.5 Å². The van der Waals surface area contributed by atoms with Crippen molar-refractivity contribution in [3.05, 3.63) is 29.8 Å². The number of ether oxygens (including phenoxy) is 1. The van der Waals surface area contributed by atoms with Crippen LogP contribution in [-0.2, 0) is 16.0 Å². The second-order valence-corrected chi connectivity index (χ2v) is 5.14. The van der Waals surface area contributed by atoms with Crippen molar-refractivity contribution in [3.63, 3.8) is 0 Å². The van der Waals surface area contributed by atoms with Gasteiger partial charge in [0.25, 0.3) is 0 Å². The van der Waals surface area contributed by atoms with Crippen LogP contribution in [0.25, 0.3) is 0 Å². The lowest BCUT2D eigenvalue weighted by Gasteiger charge is -2.09. The van der Waals surface area contributed by atoms with Crippen LogP contribution in [0.5, 0.6) is 5.75 Å². The van der Waals surface area contributed by atoms with Crippen LogP contribution in [0.2, 0.25) is 0 Å². The van der Waals surface area contributed by atoms with Crippen LogP contribution >= 0.6 is 0 Å². The molecule has 0 saturated heterocycles. The van der Waals surface area contributed by atoms with Gasteiger partial charge in [-0.15, -0.1) is 0 Å². The maximum absolute atomic E-state index is 11.6. The molecule has 5 heteroatoms. The molecule has 0 aliphatic rings. The third-order valence-corrected chi connectivity index (χ3v) is 3.25. The number of carbonyl (C=O) groups excluding carboxylic acids is 1. The number of rotatable bonds is 9. The molecule has 0 heterocycles. The molecule has 1 unspecified atom stereocenters. The minimum absolute atomic E-state index is 0.0887. The summed E-state index contributed by atoms with van der Waals surface area (Å²) in [6.45, 7) is 4.40. The first-order chi connectivity index (χ1) is 10.0. The lowest BCUT2D eigenvalue weighted by atomic mass is 10.1. The molecule has 21 heavy (non-hydrogen) atoms. The fraction of sp³-hybridized carbons (Fsp3) is 0.500. The molecule has 116 valence electrons. The number of aliphatic carboxylic acids is 1. The first-order valence-corrected chi connectivity index (χ1v) is 7.21. The van der Waals surface area contributed by atoms with Gasteiger partial charge in [0, 0.05) is 13.0 Å². The number of carbonyl (C=O) groups is 2. The summed E-state index contributed by atoms with van der Waals surface area (Å²) >= 11 is 0. The van der Waals surface area contributed by atoms with Gasteiger partial charge in [0.2, 0.25) is 5.91 Å². The van der Waals surface area contributed by atoms with Gasteiger partial charge in [-0.2, -0.15) is 0 Å². The van der Waals surface area contributed by atoms with Gasteiger partial charge in [0.15, 0.2) is 6.61 Å². The summed E-state index contributed by atoms with van der Waals surface area (Å²) in [6, 6.07) is 7.22. The third kappa shape index (κ3) is 7.34. The Labute approximate surface area is 125 Å². The van der Waals surface area contributed by atoms with E-state index in [1.165, 1.54) is 0 Å². The van der Waals surface area contributed by atoms with Crippen molar-refractivity contribution in [1.82, 2.24) is 5.32 Å². The van der Waals surface area contributed by atoms with Crippen molar-refractivity contribution < 1.29 is 19.4 Å². The minimum atomic E-state index is -0.997. The van der Waals surface area contributed by atoms with E-state index in [4.69, 9.17) is 9.84 Å². The smallest absolute Gasteiger partial charge is 0.341 e. The topological polar surface area (TPSA) is 75.6 Å². The standard InChI is InChI=1S/C16H23NO4/c1-3-12(2)10-15(18)17-9-8-13-4-6-14(7-5-13)21-11-16(19)20/h4-7,12H,3,8-11H2,1-2H3,(H,17,18)(H,19,20). The van der Waals surface area contributed by atoms with Crippen LogP contribution < -0.4 is 10.1 Å². The van der Waals surface area contributed by atoms with E-state index < -0.39 is 5.97 Å². The zero-order valence-corrected chi connectivity index (χ0v) is 12.6. The molecule has 0 bridgehead atoms. The van der Waals surface area contributed by atoms with Gasteiger partial charge in [-0.05, 0) is 30.0 Å². The maximum atomic E-state index is 11.6. The maximum Gasteiger partial charge on any atom is 0.341 e. The van der Waals surface area contributed by atoms with Crippen LogP contribution in [0, 0.1) is 5.92 Å². The Morgan fingerprint density at radius 2 is 1.95 bits per heavy atom. The summed E-state index contributed by atoms with van der Waals surface area (Å²) in [4.78, 5) is 22.0. The number of amides is 1. The SMILES string of the molecule is CCC(C)CC(=O)NCCc1ccc(OCC(=O)O)cc1. The molecule has 0 saturated carbocycles. The molecule has 1 rings (SSSR count). The highest BCUT2D eigenvalue weighted by Crippen LogP contribution is 2.12. The molecular formula is C16H23NO4. The molecule has 0 aromatic heterocycles. The largest absolute Gasteiger partial charge is 0.482 e. The van der Waals surface area contributed by atoms with Crippen LogP contribution in [0.4, 0.5) is 0 Å². The van der Waals surface area contributed by atoms with E-state index in [1.54, 1.807) is 12.1 Å². The van der Waals surface area contributed by atoms with Crippen molar-refractivity contribution in [3.8, 4) is 5.75 Å². The van der Waals surface area contributed by atoms with E-state index in [9.17, 15) is 9.59 Å². The Balaban J connectivity index is 2.29. The van der Waals surface area contributed by atoms with Crippen molar-refractivity contribution in [2.45, 2.75) is 33.1 Å². The van der Waals surface area contributed by atoms with Crippen molar-refractivity contribution >= 4 is 11.9 Å². The van der Waals surface area contributed by atoms with Gasteiger partial charge in [-0.1, -0.05) is 32.4 Å². The second kappa shape index (κ2) is 9.00. The molecule has 1 amide bonds. The van der Waals surface area contributed by atoms with Gasteiger partial charge >= 0.3 is 5.97 Å². The predicted octanol–water partition coefficient (Wildman–Crippen LogP) is 2.24. The van der Waals surface area contributed by atoms with E-state index in [1.807, 2.05) is 12.1 Å². The highest BCUT2D eigenvalue weighted by molar-refractivity contribution is 5.76. The molecule has 0 aliphatic carbocycles. The zero-order chi connectivity index (χ0) is 15.7. The lowest BCUT2D eigenvalue weighted by molar-refractivity contribution is -0.139. The molecule has 1 aromatic carbocycles. The number of hydrogen-bond donors (Lipinski definition) is 2. The monoisotopic (exact) mass is 293 g/mol. The summed E-state index contributed by atoms with van der Waals surface area (Å²) in [5.41, 5.74) is 1.07. The Morgan fingerprint density at radius 3 is 2.52 bits per heavy atom. The Bertz CT molecular complexity index is 456. The number of carboxylic acid groups (broad SMARTS) is 1. The molecule has 0 fully saturated rings. The first kappa shape index (κ1) is 17.0. The lowest BCUT2D eigenvalue weighted by Crippen LogP contribution is -2.26. The van der Waals surface area contributed by atoms with Gasteiger partial charge < -0.3 is 15.2 Å². The summed E-state index contributed by atoms with van der Waals surface area (Å²) in [6.07, 6.45) is 2.31. The number of nitrogens with one attached hydrogen (secondary N) is 1. The van der Waals surface area contributed by atoms with Crippen LogP contribution in [-0.4, -0.2) is 30.1 Å².